The van der Waals surface area contributed by atoms with Gasteiger partial charge in [0.05, 0.1) is 0 Å². The molecule has 0 unspecified atom stereocenters. The Bertz CT molecular complexity index is 525. The van der Waals surface area contributed by atoms with Crippen molar-refractivity contribution in [2.75, 3.05) is 17.2 Å². The van der Waals surface area contributed by atoms with Crippen LogP contribution >= 0.6 is 0 Å². The number of nitrogens with two attached hydrogens (primary N) is 1. The van der Waals surface area contributed by atoms with Gasteiger partial charge in [-0.15, -0.1) is 0 Å². The molecule has 100 valence electrons. The Balaban J connectivity index is 2.38. The zero-order chi connectivity index (χ0) is 13.7. The number of aromatic nitrogens is 2. The first-order valence-corrected chi connectivity index (χ1v) is 6.70. The van der Waals surface area contributed by atoms with Crippen LogP contribution in [0.15, 0.2) is 36.4 Å². The molecule has 0 fully saturated rings. The third-order valence-electron chi connectivity index (χ3n) is 2.91. The molecule has 0 radical (unpaired) electrons. The van der Waals surface area contributed by atoms with Gasteiger partial charge >= 0.3 is 0 Å². The molecule has 0 aliphatic rings. The zero-order valence-corrected chi connectivity index (χ0v) is 11.5. The van der Waals surface area contributed by atoms with E-state index < -0.39 is 0 Å². The maximum atomic E-state index is 5.88. The summed E-state index contributed by atoms with van der Waals surface area (Å²) in [5.74, 6) is 2.21. The monoisotopic (exact) mass is 256 g/mol. The van der Waals surface area contributed by atoms with Crippen LogP contribution in [0.1, 0.15) is 26.1 Å². The maximum absolute atomic E-state index is 5.88. The second kappa shape index (κ2) is 6.18. The molecule has 0 aliphatic heterocycles. The molecule has 2 aromatic rings. The maximum Gasteiger partial charge on any atom is 0.138 e. The Hall–Kier alpha value is -2.10. The van der Waals surface area contributed by atoms with Crippen molar-refractivity contribution in [3.63, 3.8) is 0 Å². The van der Waals surface area contributed by atoms with Crippen LogP contribution < -0.4 is 10.6 Å². The summed E-state index contributed by atoms with van der Waals surface area (Å²) in [4.78, 5) is 11.0. The first-order chi connectivity index (χ1) is 9.24. The normalized spacial score (nSPS) is 10.4. The lowest BCUT2D eigenvalue weighted by atomic mass is 10.2. The average molecular weight is 256 g/mol. The lowest BCUT2D eigenvalue weighted by Gasteiger charge is -2.22. The number of aryl methyl sites for hydroxylation is 1. The lowest BCUT2D eigenvalue weighted by Crippen LogP contribution is -2.18. The van der Waals surface area contributed by atoms with Gasteiger partial charge in [0.15, 0.2) is 0 Å². The molecule has 2 rings (SSSR count). The summed E-state index contributed by atoms with van der Waals surface area (Å²) in [6.07, 6.45) is 1.87. The summed E-state index contributed by atoms with van der Waals surface area (Å²) < 4.78 is 0. The summed E-state index contributed by atoms with van der Waals surface area (Å²) in [5.41, 5.74) is 7.00. The van der Waals surface area contributed by atoms with E-state index in [1.165, 1.54) is 0 Å². The van der Waals surface area contributed by atoms with Gasteiger partial charge in [0.2, 0.25) is 0 Å². The summed E-state index contributed by atoms with van der Waals surface area (Å²) in [6, 6.07) is 12.0. The average Bonchev–Trinajstić information content (AvgIpc) is 2.40. The lowest BCUT2D eigenvalue weighted by molar-refractivity contribution is 0.828. The largest absolute Gasteiger partial charge is 0.384 e. The fourth-order valence-electron chi connectivity index (χ4n) is 2.06. The van der Waals surface area contributed by atoms with E-state index in [9.17, 15) is 0 Å². The van der Waals surface area contributed by atoms with E-state index >= 15 is 0 Å². The molecular weight excluding hydrogens is 236 g/mol. The molecule has 0 spiro atoms. The van der Waals surface area contributed by atoms with Gasteiger partial charge in [-0.3, -0.25) is 0 Å². The van der Waals surface area contributed by atoms with Crippen LogP contribution in [0.25, 0.3) is 0 Å². The first kappa shape index (κ1) is 13.3. The van der Waals surface area contributed by atoms with Crippen LogP contribution in [0.3, 0.4) is 0 Å². The van der Waals surface area contributed by atoms with Gasteiger partial charge in [-0.25, -0.2) is 9.97 Å². The SMILES string of the molecule is CCCc1nc(N)cc(N(CC)c2ccccc2)n1. The fourth-order valence-corrected chi connectivity index (χ4v) is 2.06. The molecule has 2 N–H and O–H groups in total. The molecule has 1 heterocycles. The number of nitrogen functional groups attached to an aromatic ring is 1. The summed E-state index contributed by atoms with van der Waals surface area (Å²) in [7, 11) is 0. The van der Waals surface area contributed by atoms with E-state index in [0.29, 0.717) is 5.82 Å². The number of anilines is 3. The summed E-state index contributed by atoms with van der Waals surface area (Å²) in [5, 5.41) is 0. The minimum Gasteiger partial charge on any atom is -0.384 e. The Morgan fingerprint density at radius 3 is 2.47 bits per heavy atom. The molecule has 0 aliphatic carbocycles. The number of benzene rings is 1. The minimum atomic E-state index is 0.530. The van der Waals surface area contributed by atoms with E-state index in [-0.39, 0.29) is 0 Å². The molecule has 0 atom stereocenters. The first-order valence-electron chi connectivity index (χ1n) is 6.70. The van der Waals surface area contributed by atoms with Crippen LogP contribution in [-0.4, -0.2) is 16.5 Å². The van der Waals surface area contributed by atoms with Gasteiger partial charge in [0.1, 0.15) is 17.5 Å². The predicted molar refractivity (Wildman–Crippen MR) is 79.6 cm³/mol. The highest BCUT2D eigenvalue weighted by Gasteiger charge is 2.10. The Kier molecular flexibility index (Phi) is 4.34. The third-order valence-corrected chi connectivity index (χ3v) is 2.91. The van der Waals surface area contributed by atoms with Gasteiger partial charge < -0.3 is 10.6 Å². The molecule has 1 aromatic heterocycles. The highest BCUT2D eigenvalue weighted by molar-refractivity contribution is 5.61. The fraction of sp³-hybridized carbons (Fsp3) is 0.333. The summed E-state index contributed by atoms with van der Waals surface area (Å²) in [6.45, 7) is 5.05. The van der Waals surface area contributed by atoms with E-state index in [0.717, 1.165) is 36.7 Å². The molecule has 0 bridgehead atoms. The van der Waals surface area contributed by atoms with Crippen molar-refractivity contribution in [3.05, 3.63) is 42.2 Å². The van der Waals surface area contributed by atoms with Crippen LogP contribution in [0, 0.1) is 0 Å². The van der Waals surface area contributed by atoms with E-state index in [1.54, 1.807) is 0 Å². The van der Waals surface area contributed by atoms with Crippen LogP contribution in [0.2, 0.25) is 0 Å². The zero-order valence-electron chi connectivity index (χ0n) is 11.5. The van der Waals surface area contributed by atoms with Gasteiger partial charge in [0.25, 0.3) is 0 Å². The van der Waals surface area contributed by atoms with Crippen LogP contribution in [0.4, 0.5) is 17.3 Å². The molecule has 0 saturated heterocycles. The van der Waals surface area contributed by atoms with Crippen molar-refractivity contribution < 1.29 is 0 Å². The minimum absolute atomic E-state index is 0.530. The highest BCUT2D eigenvalue weighted by atomic mass is 15.2. The molecule has 0 saturated carbocycles. The van der Waals surface area contributed by atoms with E-state index in [4.69, 9.17) is 5.73 Å². The number of hydrogen-bond acceptors (Lipinski definition) is 4. The van der Waals surface area contributed by atoms with Crippen molar-refractivity contribution in [2.45, 2.75) is 26.7 Å². The second-order valence-electron chi connectivity index (χ2n) is 4.40. The van der Waals surface area contributed by atoms with Gasteiger partial charge in [-0.1, -0.05) is 25.1 Å². The molecule has 4 nitrogen and oxygen atoms in total. The quantitative estimate of drug-likeness (QED) is 0.892. The molecular formula is C15H20N4. The summed E-state index contributed by atoms with van der Waals surface area (Å²) >= 11 is 0. The van der Waals surface area contributed by atoms with E-state index in [2.05, 4.69) is 40.8 Å². The van der Waals surface area contributed by atoms with Gasteiger partial charge in [-0.05, 0) is 25.5 Å². The van der Waals surface area contributed by atoms with Crippen molar-refractivity contribution in [2.24, 2.45) is 0 Å². The standard InChI is InChI=1S/C15H20N4/c1-3-8-14-17-13(16)11-15(18-14)19(4-2)12-9-6-5-7-10-12/h5-7,9-11H,3-4,8H2,1-2H3,(H2,16,17,18). The number of rotatable bonds is 5. The Morgan fingerprint density at radius 1 is 1.11 bits per heavy atom. The van der Waals surface area contributed by atoms with Crippen molar-refractivity contribution >= 4 is 17.3 Å². The van der Waals surface area contributed by atoms with Crippen LogP contribution in [-0.2, 0) is 6.42 Å². The molecule has 0 amide bonds. The Morgan fingerprint density at radius 2 is 1.84 bits per heavy atom. The topological polar surface area (TPSA) is 55.0 Å². The number of hydrogen-bond donors (Lipinski definition) is 1. The van der Waals surface area contributed by atoms with Gasteiger partial charge in [0, 0.05) is 24.7 Å². The number of nitrogens with zero attached hydrogens (tertiary/aromatic N) is 3. The van der Waals surface area contributed by atoms with Crippen molar-refractivity contribution in [1.82, 2.24) is 9.97 Å². The van der Waals surface area contributed by atoms with E-state index in [1.807, 2.05) is 24.3 Å². The molecule has 4 heteroatoms. The third kappa shape index (κ3) is 3.22. The van der Waals surface area contributed by atoms with Gasteiger partial charge in [-0.2, -0.15) is 0 Å². The van der Waals surface area contributed by atoms with Crippen LogP contribution in [0.5, 0.6) is 0 Å². The Labute approximate surface area is 114 Å². The smallest absolute Gasteiger partial charge is 0.138 e. The van der Waals surface area contributed by atoms with Crippen molar-refractivity contribution in [3.8, 4) is 0 Å². The van der Waals surface area contributed by atoms with Crippen molar-refractivity contribution in [1.29, 1.82) is 0 Å². The molecule has 1 aromatic carbocycles. The molecule has 19 heavy (non-hydrogen) atoms. The highest BCUT2D eigenvalue weighted by Crippen LogP contribution is 2.24. The number of para-hydroxylation sites is 1. The predicted octanol–water partition coefficient (Wildman–Crippen LogP) is 3.17. The second-order valence-corrected chi connectivity index (χ2v) is 4.40.